The van der Waals surface area contributed by atoms with E-state index in [-0.39, 0.29) is 0 Å². The summed E-state index contributed by atoms with van der Waals surface area (Å²) < 4.78 is 0. The third-order valence-electron chi connectivity index (χ3n) is 7.93. The van der Waals surface area contributed by atoms with E-state index in [1.54, 1.807) is 0 Å². The molecule has 1 atom stereocenters. The Morgan fingerprint density at radius 1 is 0.457 bits per heavy atom. The summed E-state index contributed by atoms with van der Waals surface area (Å²) in [6, 6.07) is 0.701. The molecule has 0 aliphatic carbocycles. The molecular formula is C34H69N. The molecule has 0 N–H and O–H groups in total. The molecule has 1 heteroatoms. The van der Waals surface area contributed by atoms with Gasteiger partial charge in [-0.1, -0.05) is 167 Å². The third kappa shape index (κ3) is 26.6. The highest BCUT2D eigenvalue weighted by molar-refractivity contribution is 4.83. The molecule has 0 rings (SSSR count). The topological polar surface area (TPSA) is 3.24 Å². The normalized spacial score (nSPS) is 12.8. The van der Waals surface area contributed by atoms with E-state index >= 15 is 0 Å². The highest BCUT2D eigenvalue weighted by Crippen LogP contribution is 2.15. The number of nitrogens with zero attached hydrogens (tertiary/aromatic N) is 1. The third-order valence-corrected chi connectivity index (χ3v) is 7.93. The zero-order valence-corrected chi connectivity index (χ0v) is 25.3. The van der Waals surface area contributed by atoms with Crippen molar-refractivity contribution in [1.82, 2.24) is 4.90 Å². The molecule has 210 valence electrons. The lowest BCUT2D eigenvalue weighted by molar-refractivity contribution is 0.200. The Morgan fingerprint density at radius 3 is 1.03 bits per heavy atom. The molecule has 0 heterocycles. The maximum absolute atomic E-state index is 2.80. The zero-order chi connectivity index (χ0) is 25.7. The van der Waals surface area contributed by atoms with Crippen molar-refractivity contribution in [3.05, 3.63) is 12.2 Å². The first kappa shape index (κ1) is 34.7. The summed E-state index contributed by atoms with van der Waals surface area (Å²) in [6.07, 6.45) is 40.5. The second kappa shape index (κ2) is 29.9. The summed E-state index contributed by atoms with van der Waals surface area (Å²) in [5.74, 6) is 0. The molecule has 0 bridgehead atoms. The smallest absolute Gasteiger partial charge is 0.0101 e. The van der Waals surface area contributed by atoms with Crippen molar-refractivity contribution in [2.24, 2.45) is 0 Å². The predicted molar refractivity (Wildman–Crippen MR) is 163 cm³/mol. The summed E-state index contributed by atoms with van der Waals surface area (Å²) in [6.45, 7) is 11.8. The molecule has 0 aromatic rings. The van der Waals surface area contributed by atoms with E-state index in [2.05, 4.69) is 44.7 Å². The van der Waals surface area contributed by atoms with Crippen molar-refractivity contribution in [2.75, 3.05) is 13.1 Å². The first-order valence-electron chi connectivity index (χ1n) is 16.6. The van der Waals surface area contributed by atoms with Gasteiger partial charge in [-0.2, -0.15) is 0 Å². The van der Waals surface area contributed by atoms with Gasteiger partial charge in [0.25, 0.3) is 0 Å². The molecule has 0 spiro atoms. The van der Waals surface area contributed by atoms with Gasteiger partial charge in [0.05, 0.1) is 0 Å². The average molecular weight is 492 g/mol. The van der Waals surface area contributed by atoms with Gasteiger partial charge >= 0.3 is 0 Å². The number of hydrogen-bond donors (Lipinski definition) is 0. The minimum Gasteiger partial charge on any atom is -0.300 e. The van der Waals surface area contributed by atoms with E-state index in [0.29, 0.717) is 6.04 Å². The second-order valence-electron chi connectivity index (χ2n) is 11.5. The predicted octanol–water partition coefficient (Wildman–Crippen LogP) is 12.0. The Kier molecular flexibility index (Phi) is 29.7. The monoisotopic (exact) mass is 492 g/mol. The standard InChI is InChI=1S/C34H69N/c1-5-8-11-13-15-17-19-21-23-25-27-29-32-35(34(4)31-10-7-3)33-30-28-26-24-22-20-18-16-14-12-9-6-2/h7,10,34H,5-6,8-9,11-33H2,1-4H3/b10-7+. The summed E-state index contributed by atoms with van der Waals surface area (Å²) in [5.41, 5.74) is 0. The van der Waals surface area contributed by atoms with Crippen LogP contribution in [0.15, 0.2) is 12.2 Å². The van der Waals surface area contributed by atoms with Crippen LogP contribution in [0.25, 0.3) is 0 Å². The first-order chi connectivity index (χ1) is 17.3. The Balaban J connectivity index is 3.75. The molecule has 0 aromatic heterocycles. The van der Waals surface area contributed by atoms with E-state index in [4.69, 9.17) is 0 Å². The van der Waals surface area contributed by atoms with Crippen LogP contribution in [0.1, 0.15) is 188 Å². The van der Waals surface area contributed by atoms with E-state index in [1.807, 2.05) is 0 Å². The largest absolute Gasteiger partial charge is 0.300 e. The van der Waals surface area contributed by atoms with Gasteiger partial charge in [-0.15, -0.1) is 0 Å². The molecule has 0 saturated heterocycles. The SMILES string of the molecule is C/C=C/CC(C)N(CCCCCCCCCCCCCC)CCCCCCCCCCCCCC. The fourth-order valence-electron chi connectivity index (χ4n) is 5.35. The van der Waals surface area contributed by atoms with Gasteiger partial charge in [0.2, 0.25) is 0 Å². The minimum absolute atomic E-state index is 0.701. The Bertz CT molecular complexity index is 373. The molecule has 1 unspecified atom stereocenters. The number of allylic oxidation sites excluding steroid dienone is 1. The van der Waals surface area contributed by atoms with Crippen LogP contribution in [-0.4, -0.2) is 24.0 Å². The Hall–Kier alpha value is -0.300. The van der Waals surface area contributed by atoms with E-state index in [1.165, 1.54) is 174 Å². The average Bonchev–Trinajstić information content (AvgIpc) is 2.87. The highest BCUT2D eigenvalue weighted by Gasteiger charge is 2.11. The molecule has 1 nitrogen and oxygen atoms in total. The highest BCUT2D eigenvalue weighted by atomic mass is 15.1. The molecule has 0 aromatic carbocycles. The maximum atomic E-state index is 2.80. The van der Waals surface area contributed by atoms with Gasteiger partial charge in [0, 0.05) is 6.04 Å². The van der Waals surface area contributed by atoms with Crippen molar-refractivity contribution < 1.29 is 0 Å². The van der Waals surface area contributed by atoms with Crippen molar-refractivity contribution in [1.29, 1.82) is 0 Å². The second-order valence-corrected chi connectivity index (χ2v) is 11.5. The van der Waals surface area contributed by atoms with Crippen LogP contribution in [0.3, 0.4) is 0 Å². The van der Waals surface area contributed by atoms with Gasteiger partial charge in [0.15, 0.2) is 0 Å². The molecular weight excluding hydrogens is 422 g/mol. The lowest BCUT2D eigenvalue weighted by Crippen LogP contribution is -2.34. The van der Waals surface area contributed by atoms with Crippen molar-refractivity contribution in [3.63, 3.8) is 0 Å². The van der Waals surface area contributed by atoms with Crippen LogP contribution in [0.2, 0.25) is 0 Å². The fourth-order valence-corrected chi connectivity index (χ4v) is 5.35. The first-order valence-corrected chi connectivity index (χ1v) is 16.6. The van der Waals surface area contributed by atoms with Crippen LogP contribution in [0.5, 0.6) is 0 Å². The van der Waals surface area contributed by atoms with Crippen molar-refractivity contribution >= 4 is 0 Å². The van der Waals surface area contributed by atoms with Crippen molar-refractivity contribution in [2.45, 2.75) is 194 Å². The Labute approximate surface area is 224 Å². The van der Waals surface area contributed by atoms with Gasteiger partial charge < -0.3 is 4.90 Å². The molecule has 0 aliphatic heterocycles. The summed E-state index contributed by atoms with van der Waals surface area (Å²) in [5, 5.41) is 0. The lowest BCUT2D eigenvalue weighted by atomic mass is 10.0. The van der Waals surface area contributed by atoms with Gasteiger partial charge in [0.1, 0.15) is 0 Å². The fraction of sp³-hybridized carbons (Fsp3) is 0.941. The quantitative estimate of drug-likeness (QED) is 0.0742. The Morgan fingerprint density at radius 2 is 0.743 bits per heavy atom. The molecule has 0 radical (unpaired) electrons. The van der Waals surface area contributed by atoms with Crippen molar-refractivity contribution in [3.8, 4) is 0 Å². The number of rotatable bonds is 29. The van der Waals surface area contributed by atoms with Crippen LogP contribution in [0.4, 0.5) is 0 Å². The van der Waals surface area contributed by atoms with Gasteiger partial charge in [-0.3, -0.25) is 0 Å². The van der Waals surface area contributed by atoms with E-state index in [0.717, 1.165) is 0 Å². The lowest BCUT2D eigenvalue weighted by Gasteiger charge is -2.28. The van der Waals surface area contributed by atoms with Crippen LogP contribution >= 0.6 is 0 Å². The van der Waals surface area contributed by atoms with Crippen LogP contribution in [-0.2, 0) is 0 Å². The maximum Gasteiger partial charge on any atom is 0.0101 e. The van der Waals surface area contributed by atoms with Crippen LogP contribution < -0.4 is 0 Å². The van der Waals surface area contributed by atoms with Gasteiger partial charge in [-0.05, 0) is 46.2 Å². The molecule has 0 fully saturated rings. The number of hydrogen-bond acceptors (Lipinski definition) is 1. The van der Waals surface area contributed by atoms with E-state index < -0.39 is 0 Å². The van der Waals surface area contributed by atoms with Gasteiger partial charge in [-0.25, -0.2) is 0 Å². The summed E-state index contributed by atoms with van der Waals surface area (Å²) >= 11 is 0. The minimum atomic E-state index is 0.701. The molecule has 0 amide bonds. The van der Waals surface area contributed by atoms with E-state index in [9.17, 15) is 0 Å². The molecule has 0 saturated carbocycles. The number of unbranched alkanes of at least 4 members (excludes halogenated alkanes) is 22. The van der Waals surface area contributed by atoms with Crippen LogP contribution in [0, 0.1) is 0 Å². The zero-order valence-electron chi connectivity index (χ0n) is 25.3. The molecule has 0 aliphatic rings. The summed E-state index contributed by atoms with van der Waals surface area (Å²) in [7, 11) is 0. The molecule has 35 heavy (non-hydrogen) atoms. The summed E-state index contributed by atoms with van der Waals surface area (Å²) in [4.78, 5) is 2.80.